The molecule has 0 bridgehead atoms. The average molecular weight is 266 g/mol. The molecule has 1 aromatic rings. The molecule has 104 valence electrons. The lowest BCUT2D eigenvalue weighted by molar-refractivity contribution is -0.144. The molecule has 6 nitrogen and oxygen atoms in total. The van der Waals surface area contributed by atoms with Crippen LogP contribution in [-0.4, -0.2) is 44.7 Å². The lowest BCUT2D eigenvalue weighted by atomic mass is 10.1. The van der Waals surface area contributed by atoms with Crippen LogP contribution in [0.2, 0.25) is 0 Å². The second-order valence-electron chi connectivity index (χ2n) is 4.17. The van der Waals surface area contributed by atoms with Gasteiger partial charge < -0.3 is 14.4 Å². The van der Waals surface area contributed by atoms with Crippen LogP contribution in [0.4, 0.5) is 5.82 Å². The fourth-order valence-electron chi connectivity index (χ4n) is 1.74. The Balaban J connectivity index is 2.90. The van der Waals surface area contributed by atoms with Crippen LogP contribution in [0.5, 0.6) is 0 Å². The number of carbonyl (C=O) groups is 2. The van der Waals surface area contributed by atoms with Crippen molar-refractivity contribution in [2.24, 2.45) is 5.92 Å². The zero-order valence-corrected chi connectivity index (χ0v) is 11.5. The number of pyridine rings is 1. The van der Waals surface area contributed by atoms with Crippen LogP contribution in [0, 0.1) is 5.92 Å². The van der Waals surface area contributed by atoms with Gasteiger partial charge in [-0.05, 0) is 12.1 Å². The highest BCUT2D eigenvalue weighted by molar-refractivity contribution is 5.94. The van der Waals surface area contributed by atoms with E-state index in [0.29, 0.717) is 17.9 Å². The first-order valence-electron chi connectivity index (χ1n) is 5.83. The molecule has 0 aromatic carbocycles. The fourth-order valence-corrected chi connectivity index (χ4v) is 1.74. The number of esters is 2. The number of rotatable bonds is 5. The predicted molar refractivity (Wildman–Crippen MR) is 70.0 cm³/mol. The van der Waals surface area contributed by atoms with E-state index < -0.39 is 5.97 Å². The van der Waals surface area contributed by atoms with Crippen molar-refractivity contribution in [1.29, 1.82) is 0 Å². The summed E-state index contributed by atoms with van der Waals surface area (Å²) in [5.41, 5.74) is 0.365. The molecule has 1 unspecified atom stereocenters. The summed E-state index contributed by atoms with van der Waals surface area (Å²) >= 11 is 0. The van der Waals surface area contributed by atoms with Gasteiger partial charge in [-0.1, -0.05) is 6.92 Å². The summed E-state index contributed by atoms with van der Waals surface area (Å²) in [6.45, 7) is 2.15. The number of anilines is 1. The Morgan fingerprint density at radius 2 is 2.05 bits per heavy atom. The highest BCUT2D eigenvalue weighted by atomic mass is 16.5. The van der Waals surface area contributed by atoms with E-state index in [2.05, 4.69) is 9.72 Å². The Bertz CT molecular complexity index is 462. The lowest BCUT2D eigenvalue weighted by Gasteiger charge is -2.22. The third-order valence-electron chi connectivity index (χ3n) is 2.70. The molecule has 6 heteroatoms. The standard InChI is InChI=1S/C13H18N2O4/c1-9(12(16)18-3)8-15(2)11-10(13(17)19-4)6-5-7-14-11/h5-7,9H,8H2,1-4H3. The molecule has 0 aliphatic carbocycles. The number of ether oxygens (including phenoxy) is 2. The van der Waals surface area contributed by atoms with Gasteiger partial charge in [0.05, 0.1) is 20.1 Å². The molecule has 0 aliphatic heterocycles. The summed E-state index contributed by atoms with van der Waals surface area (Å²) in [7, 11) is 4.42. The van der Waals surface area contributed by atoms with Crippen LogP contribution in [0.25, 0.3) is 0 Å². The molecular weight excluding hydrogens is 248 g/mol. The van der Waals surface area contributed by atoms with Crippen LogP contribution in [0.15, 0.2) is 18.3 Å². The number of hydrogen-bond donors (Lipinski definition) is 0. The SMILES string of the molecule is COC(=O)c1cccnc1N(C)CC(C)C(=O)OC. The predicted octanol–water partition coefficient (Wildman–Crippen LogP) is 1.11. The van der Waals surface area contributed by atoms with Gasteiger partial charge in [-0.3, -0.25) is 4.79 Å². The van der Waals surface area contributed by atoms with Gasteiger partial charge in [0.15, 0.2) is 0 Å². The summed E-state index contributed by atoms with van der Waals surface area (Å²) in [6.07, 6.45) is 1.58. The van der Waals surface area contributed by atoms with Crippen molar-refractivity contribution in [3.63, 3.8) is 0 Å². The molecule has 0 saturated carbocycles. The monoisotopic (exact) mass is 266 g/mol. The molecule has 0 N–H and O–H groups in total. The van der Waals surface area contributed by atoms with Gasteiger partial charge in [0.25, 0.3) is 0 Å². The van der Waals surface area contributed by atoms with Gasteiger partial charge in [0, 0.05) is 19.8 Å². The Morgan fingerprint density at radius 3 is 2.63 bits per heavy atom. The fraction of sp³-hybridized carbons (Fsp3) is 0.462. The molecule has 0 spiro atoms. The first kappa shape index (κ1) is 14.9. The highest BCUT2D eigenvalue weighted by Gasteiger charge is 2.20. The number of nitrogens with zero attached hydrogens (tertiary/aromatic N) is 2. The number of hydrogen-bond acceptors (Lipinski definition) is 6. The maximum atomic E-state index is 11.6. The van der Waals surface area contributed by atoms with Crippen LogP contribution >= 0.6 is 0 Å². The molecule has 0 radical (unpaired) electrons. The normalized spacial score (nSPS) is 11.6. The third kappa shape index (κ3) is 3.67. The van der Waals surface area contributed by atoms with Crippen LogP contribution in [-0.2, 0) is 14.3 Å². The van der Waals surface area contributed by atoms with Crippen molar-refractivity contribution in [3.8, 4) is 0 Å². The molecule has 0 amide bonds. The first-order valence-corrected chi connectivity index (χ1v) is 5.83. The van der Waals surface area contributed by atoms with E-state index in [1.165, 1.54) is 14.2 Å². The Hall–Kier alpha value is -2.11. The highest BCUT2D eigenvalue weighted by Crippen LogP contribution is 2.18. The van der Waals surface area contributed by atoms with Gasteiger partial charge in [-0.25, -0.2) is 9.78 Å². The zero-order chi connectivity index (χ0) is 14.4. The lowest BCUT2D eigenvalue weighted by Crippen LogP contribution is -2.31. The zero-order valence-electron chi connectivity index (χ0n) is 11.5. The van der Waals surface area contributed by atoms with Crippen molar-refractivity contribution >= 4 is 17.8 Å². The Morgan fingerprint density at radius 1 is 1.37 bits per heavy atom. The molecular formula is C13H18N2O4. The van der Waals surface area contributed by atoms with Crippen molar-refractivity contribution < 1.29 is 19.1 Å². The summed E-state index contributed by atoms with van der Waals surface area (Å²) in [5.74, 6) is -0.601. The molecule has 19 heavy (non-hydrogen) atoms. The quantitative estimate of drug-likeness (QED) is 0.744. The minimum Gasteiger partial charge on any atom is -0.469 e. The van der Waals surface area contributed by atoms with E-state index in [9.17, 15) is 9.59 Å². The molecule has 1 heterocycles. The van der Waals surface area contributed by atoms with Crippen molar-refractivity contribution in [1.82, 2.24) is 4.98 Å². The van der Waals surface area contributed by atoms with Crippen LogP contribution in [0.1, 0.15) is 17.3 Å². The molecule has 0 saturated heterocycles. The smallest absolute Gasteiger partial charge is 0.341 e. The van der Waals surface area contributed by atoms with E-state index in [1.807, 2.05) is 0 Å². The van der Waals surface area contributed by atoms with Crippen LogP contribution in [0.3, 0.4) is 0 Å². The van der Waals surface area contributed by atoms with Crippen molar-refractivity contribution in [2.45, 2.75) is 6.92 Å². The molecule has 1 atom stereocenters. The number of carbonyl (C=O) groups excluding carboxylic acids is 2. The van der Waals surface area contributed by atoms with Gasteiger partial charge >= 0.3 is 11.9 Å². The maximum absolute atomic E-state index is 11.6. The summed E-state index contributed by atoms with van der Waals surface area (Å²) in [6, 6.07) is 3.29. The van der Waals surface area contributed by atoms with E-state index in [0.717, 1.165) is 0 Å². The largest absolute Gasteiger partial charge is 0.469 e. The van der Waals surface area contributed by atoms with Gasteiger partial charge in [0.2, 0.25) is 0 Å². The first-order chi connectivity index (χ1) is 9.01. The van der Waals surface area contributed by atoms with Gasteiger partial charge in [0.1, 0.15) is 11.4 Å². The van der Waals surface area contributed by atoms with E-state index in [4.69, 9.17) is 4.74 Å². The third-order valence-corrected chi connectivity index (χ3v) is 2.70. The summed E-state index contributed by atoms with van der Waals surface area (Å²) in [5, 5.41) is 0. The second-order valence-corrected chi connectivity index (χ2v) is 4.17. The van der Waals surface area contributed by atoms with E-state index in [-0.39, 0.29) is 11.9 Å². The van der Waals surface area contributed by atoms with Gasteiger partial charge in [-0.2, -0.15) is 0 Å². The number of methoxy groups -OCH3 is 2. The minimum atomic E-state index is -0.458. The summed E-state index contributed by atoms with van der Waals surface area (Å²) < 4.78 is 9.37. The number of aromatic nitrogens is 1. The molecule has 0 fully saturated rings. The average Bonchev–Trinajstić information content (AvgIpc) is 2.45. The summed E-state index contributed by atoms with van der Waals surface area (Å²) in [4.78, 5) is 28.9. The van der Waals surface area contributed by atoms with E-state index >= 15 is 0 Å². The van der Waals surface area contributed by atoms with Gasteiger partial charge in [-0.15, -0.1) is 0 Å². The van der Waals surface area contributed by atoms with Crippen LogP contribution < -0.4 is 4.90 Å². The Labute approximate surface area is 112 Å². The maximum Gasteiger partial charge on any atom is 0.341 e. The second kappa shape index (κ2) is 6.72. The van der Waals surface area contributed by atoms with Crippen molar-refractivity contribution in [3.05, 3.63) is 23.9 Å². The molecule has 0 aliphatic rings. The molecule has 1 rings (SSSR count). The van der Waals surface area contributed by atoms with E-state index in [1.54, 1.807) is 37.2 Å². The topological polar surface area (TPSA) is 68.7 Å². The Kier molecular flexibility index (Phi) is 5.29. The minimum absolute atomic E-state index is 0.303. The molecule has 1 aromatic heterocycles. The van der Waals surface area contributed by atoms with Crippen molar-refractivity contribution in [2.75, 3.05) is 32.7 Å².